The number of aromatic nitrogens is 1. The van der Waals surface area contributed by atoms with Crippen molar-refractivity contribution in [2.45, 2.75) is 6.42 Å². The minimum atomic E-state index is -0.357. The monoisotopic (exact) mass is 391 g/mol. The van der Waals surface area contributed by atoms with Crippen molar-refractivity contribution in [2.75, 3.05) is 26.2 Å². The summed E-state index contributed by atoms with van der Waals surface area (Å²) in [6, 6.07) is 14.2. The fourth-order valence-corrected chi connectivity index (χ4v) is 3.61. The van der Waals surface area contributed by atoms with E-state index in [9.17, 15) is 14.0 Å². The average Bonchev–Trinajstić information content (AvgIpc) is 3.16. The van der Waals surface area contributed by atoms with Gasteiger partial charge in [-0.25, -0.2) is 4.39 Å². The number of nitrogens with one attached hydrogen (secondary N) is 1. The number of rotatable bonds is 4. The molecule has 1 aliphatic heterocycles. The molecule has 0 atom stereocenters. The summed E-state index contributed by atoms with van der Waals surface area (Å²) < 4.78 is 13.7. The van der Waals surface area contributed by atoms with Gasteiger partial charge in [0.25, 0.3) is 0 Å². The first-order valence-corrected chi connectivity index (χ1v) is 9.66. The predicted octanol–water partition coefficient (Wildman–Crippen LogP) is 3.23. The standard InChI is InChI=1S/C23H22FN3O2/c24-20-7-3-1-5-17(20)9-10-22(28)26-11-13-27(14-12-26)23(29)15-18-16-25-21-8-4-2-6-19(18)21/h1-10,16,25H,11-15H2/b10-9+. The molecule has 0 saturated carbocycles. The third kappa shape index (κ3) is 4.21. The summed E-state index contributed by atoms with van der Waals surface area (Å²) in [5, 5.41) is 1.06. The van der Waals surface area contributed by atoms with Gasteiger partial charge < -0.3 is 14.8 Å². The van der Waals surface area contributed by atoms with Crippen LogP contribution in [0.25, 0.3) is 17.0 Å². The van der Waals surface area contributed by atoms with Crippen LogP contribution in [-0.4, -0.2) is 52.8 Å². The molecule has 4 rings (SSSR count). The first-order valence-electron chi connectivity index (χ1n) is 9.66. The van der Waals surface area contributed by atoms with Crippen LogP contribution in [0, 0.1) is 5.82 Å². The summed E-state index contributed by atoms with van der Waals surface area (Å²) in [6.07, 6.45) is 5.11. The molecule has 2 heterocycles. The number of H-pyrrole nitrogens is 1. The van der Waals surface area contributed by atoms with Crippen molar-refractivity contribution in [1.29, 1.82) is 0 Å². The van der Waals surface area contributed by atoms with Gasteiger partial charge in [0, 0.05) is 54.9 Å². The molecule has 6 heteroatoms. The van der Waals surface area contributed by atoms with Crippen molar-refractivity contribution in [3.05, 3.63) is 77.7 Å². The zero-order valence-electron chi connectivity index (χ0n) is 16.0. The summed E-state index contributed by atoms with van der Waals surface area (Å²) in [7, 11) is 0. The molecule has 1 fully saturated rings. The predicted molar refractivity (Wildman–Crippen MR) is 111 cm³/mol. The molecule has 1 aliphatic rings. The Morgan fingerprint density at radius 2 is 1.66 bits per heavy atom. The molecule has 2 aromatic carbocycles. The smallest absolute Gasteiger partial charge is 0.246 e. The van der Waals surface area contributed by atoms with Gasteiger partial charge in [0.1, 0.15) is 5.82 Å². The minimum Gasteiger partial charge on any atom is -0.361 e. The van der Waals surface area contributed by atoms with Crippen molar-refractivity contribution in [2.24, 2.45) is 0 Å². The highest BCUT2D eigenvalue weighted by Crippen LogP contribution is 2.19. The lowest BCUT2D eigenvalue weighted by atomic mass is 10.1. The number of piperazine rings is 1. The first kappa shape index (κ1) is 18.9. The van der Waals surface area contributed by atoms with Crippen molar-refractivity contribution in [1.82, 2.24) is 14.8 Å². The van der Waals surface area contributed by atoms with Gasteiger partial charge in [-0.2, -0.15) is 0 Å². The minimum absolute atomic E-state index is 0.0590. The molecule has 29 heavy (non-hydrogen) atoms. The van der Waals surface area contributed by atoms with Crippen molar-refractivity contribution >= 4 is 28.8 Å². The Hall–Kier alpha value is -3.41. The Kier molecular flexibility index (Phi) is 5.42. The van der Waals surface area contributed by atoms with Crippen LogP contribution < -0.4 is 0 Å². The normalized spacial score (nSPS) is 14.7. The van der Waals surface area contributed by atoms with Crippen LogP contribution in [-0.2, 0) is 16.0 Å². The van der Waals surface area contributed by atoms with E-state index in [1.54, 1.807) is 28.0 Å². The van der Waals surface area contributed by atoms with E-state index in [-0.39, 0.29) is 17.6 Å². The number of fused-ring (bicyclic) bond motifs is 1. The van der Waals surface area contributed by atoms with E-state index in [0.717, 1.165) is 16.5 Å². The highest BCUT2D eigenvalue weighted by Gasteiger charge is 2.23. The fourth-order valence-electron chi connectivity index (χ4n) is 3.61. The van der Waals surface area contributed by atoms with Gasteiger partial charge in [0.2, 0.25) is 11.8 Å². The highest BCUT2D eigenvalue weighted by molar-refractivity contribution is 5.92. The van der Waals surface area contributed by atoms with Gasteiger partial charge in [-0.15, -0.1) is 0 Å². The first-order chi connectivity index (χ1) is 14.1. The summed E-state index contributed by atoms with van der Waals surface area (Å²) in [4.78, 5) is 31.7. The number of carbonyl (C=O) groups excluding carboxylic acids is 2. The van der Waals surface area contributed by atoms with Crippen LogP contribution in [0.4, 0.5) is 4.39 Å². The summed E-state index contributed by atoms with van der Waals surface area (Å²) in [6.45, 7) is 1.95. The van der Waals surface area contributed by atoms with E-state index in [1.807, 2.05) is 30.5 Å². The van der Waals surface area contributed by atoms with Gasteiger partial charge >= 0.3 is 0 Å². The second-order valence-corrected chi connectivity index (χ2v) is 7.10. The van der Waals surface area contributed by atoms with E-state index in [4.69, 9.17) is 0 Å². The molecular weight excluding hydrogens is 369 g/mol. The van der Waals surface area contributed by atoms with Crippen molar-refractivity contribution in [3.63, 3.8) is 0 Å². The van der Waals surface area contributed by atoms with Gasteiger partial charge in [-0.05, 0) is 23.8 Å². The molecule has 0 unspecified atom stereocenters. The molecule has 1 N–H and O–H groups in total. The SMILES string of the molecule is O=C(/C=C/c1ccccc1F)N1CCN(C(=O)Cc2c[nH]c3ccccc23)CC1. The second-order valence-electron chi connectivity index (χ2n) is 7.10. The lowest BCUT2D eigenvalue weighted by molar-refractivity contribution is -0.136. The largest absolute Gasteiger partial charge is 0.361 e. The number of hydrogen-bond acceptors (Lipinski definition) is 2. The third-order valence-corrected chi connectivity index (χ3v) is 5.27. The number of hydrogen-bond donors (Lipinski definition) is 1. The fraction of sp³-hybridized carbons (Fsp3) is 0.217. The van der Waals surface area contributed by atoms with Gasteiger partial charge in [-0.1, -0.05) is 36.4 Å². The quantitative estimate of drug-likeness (QED) is 0.695. The molecule has 1 aromatic heterocycles. The number of nitrogens with zero attached hydrogens (tertiary/aromatic N) is 2. The Balaban J connectivity index is 1.32. The van der Waals surface area contributed by atoms with Crippen LogP contribution in [0.3, 0.4) is 0 Å². The second kappa shape index (κ2) is 8.31. The highest BCUT2D eigenvalue weighted by atomic mass is 19.1. The van der Waals surface area contributed by atoms with Crippen LogP contribution in [0.2, 0.25) is 0 Å². The van der Waals surface area contributed by atoms with E-state index in [2.05, 4.69) is 4.98 Å². The molecule has 3 aromatic rings. The van der Waals surface area contributed by atoms with Gasteiger partial charge in [0.05, 0.1) is 6.42 Å². The Bertz CT molecular complexity index is 1060. The van der Waals surface area contributed by atoms with E-state index in [0.29, 0.717) is 38.2 Å². The number of benzene rings is 2. The molecular formula is C23H22FN3O2. The molecule has 5 nitrogen and oxygen atoms in total. The lowest BCUT2D eigenvalue weighted by Crippen LogP contribution is -2.50. The number of halogens is 1. The number of carbonyl (C=O) groups is 2. The number of amides is 2. The lowest BCUT2D eigenvalue weighted by Gasteiger charge is -2.34. The number of para-hydroxylation sites is 1. The average molecular weight is 391 g/mol. The van der Waals surface area contributed by atoms with Crippen molar-refractivity contribution in [3.8, 4) is 0 Å². The van der Waals surface area contributed by atoms with Gasteiger partial charge in [-0.3, -0.25) is 9.59 Å². The zero-order chi connectivity index (χ0) is 20.2. The maximum Gasteiger partial charge on any atom is 0.246 e. The molecule has 0 bridgehead atoms. The zero-order valence-corrected chi connectivity index (χ0v) is 16.0. The Labute approximate surface area is 168 Å². The molecule has 0 radical (unpaired) electrons. The summed E-state index contributed by atoms with van der Waals surface area (Å²) in [5.41, 5.74) is 2.39. The molecule has 148 valence electrons. The Morgan fingerprint density at radius 1 is 0.966 bits per heavy atom. The molecule has 2 amide bonds. The van der Waals surface area contributed by atoms with Gasteiger partial charge in [0.15, 0.2) is 0 Å². The summed E-state index contributed by atoms with van der Waals surface area (Å²) in [5.74, 6) is -0.468. The molecule has 0 aliphatic carbocycles. The van der Waals surface area contributed by atoms with Crippen LogP contribution in [0.5, 0.6) is 0 Å². The number of aromatic amines is 1. The topological polar surface area (TPSA) is 56.4 Å². The van der Waals surface area contributed by atoms with E-state index in [1.165, 1.54) is 18.2 Å². The van der Waals surface area contributed by atoms with Crippen LogP contribution in [0.1, 0.15) is 11.1 Å². The Morgan fingerprint density at radius 3 is 2.45 bits per heavy atom. The van der Waals surface area contributed by atoms with Crippen molar-refractivity contribution < 1.29 is 14.0 Å². The third-order valence-electron chi connectivity index (χ3n) is 5.27. The summed E-state index contributed by atoms with van der Waals surface area (Å²) >= 11 is 0. The molecule has 1 saturated heterocycles. The van der Waals surface area contributed by atoms with Crippen LogP contribution in [0.15, 0.2) is 60.8 Å². The van der Waals surface area contributed by atoms with E-state index >= 15 is 0 Å². The molecule has 0 spiro atoms. The maximum atomic E-state index is 13.7. The van der Waals surface area contributed by atoms with E-state index < -0.39 is 0 Å². The van der Waals surface area contributed by atoms with Crippen LogP contribution >= 0.6 is 0 Å². The maximum absolute atomic E-state index is 13.7.